The van der Waals surface area contributed by atoms with E-state index in [1.807, 2.05) is 0 Å². The van der Waals surface area contributed by atoms with Crippen LogP contribution in [0, 0.1) is 11.7 Å². The minimum atomic E-state index is -0.232. The van der Waals surface area contributed by atoms with Crippen molar-refractivity contribution < 1.29 is 4.39 Å². The van der Waals surface area contributed by atoms with E-state index in [-0.39, 0.29) is 5.82 Å². The summed E-state index contributed by atoms with van der Waals surface area (Å²) in [5.41, 5.74) is 1.29. The summed E-state index contributed by atoms with van der Waals surface area (Å²) < 4.78 is 15.5. The van der Waals surface area contributed by atoms with Gasteiger partial charge in [-0.15, -0.1) is 5.10 Å². The molecule has 0 aliphatic heterocycles. The molecule has 112 valence electrons. The molecule has 0 radical (unpaired) electrons. The number of nitrogens with zero attached hydrogens (tertiary/aromatic N) is 4. The number of aromatic nitrogens is 4. The Hall–Kier alpha value is -1.98. The Morgan fingerprint density at radius 1 is 1.24 bits per heavy atom. The van der Waals surface area contributed by atoms with Crippen LogP contribution in [0.1, 0.15) is 39.0 Å². The number of halogens is 1. The van der Waals surface area contributed by atoms with Gasteiger partial charge in [-0.05, 0) is 53.8 Å². The summed E-state index contributed by atoms with van der Waals surface area (Å²) in [5.74, 6) is 0.540. The van der Waals surface area contributed by atoms with E-state index < -0.39 is 0 Å². The molecular formula is C15H20FN5. The summed E-state index contributed by atoms with van der Waals surface area (Å²) in [5, 5.41) is 14.4. The van der Waals surface area contributed by atoms with Gasteiger partial charge in [0.05, 0.1) is 11.4 Å². The third-order valence-electron chi connectivity index (χ3n) is 4.18. The van der Waals surface area contributed by atoms with Gasteiger partial charge in [-0.3, -0.25) is 0 Å². The van der Waals surface area contributed by atoms with Gasteiger partial charge in [0.2, 0.25) is 0 Å². The molecule has 2 unspecified atom stereocenters. The fourth-order valence-corrected chi connectivity index (χ4v) is 2.90. The van der Waals surface area contributed by atoms with Crippen LogP contribution < -0.4 is 5.32 Å². The number of rotatable bonds is 3. The lowest BCUT2D eigenvalue weighted by molar-refractivity contribution is 0.501. The number of nitrogens with one attached hydrogen (secondary N) is 1. The van der Waals surface area contributed by atoms with E-state index in [2.05, 4.69) is 27.8 Å². The van der Waals surface area contributed by atoms with E-state index >= 15 is 0 Å². The molecule has 0 spiro atoms. The Bertz CT molecular complexity index is 584. The molecule has 0 saturated heterocycles. The lowest BCUT2D eigenvalue weighted by Gasteiger charge is -2.19. The molecule has 3 rings (SSSR count). The maximum atomic E-state index is 14.0. The quantitative estimate of drug-likeness (QED) is 0.882. The predicted octanol–water partition coefficient (Wildman–Crippen LogP) is 3.18. The topological polar surface area (TPSA) is 55.6 Å². The van der Waals surface area contributed by atoms with Crippen LogP contribution in [0.5, 0.6) is 0 Å². The Morgan fingerprint density at radius 2 is 2.14 bits per heavy atom. The molecule has 1 saturated carbocycles. The molecule has 1 aromatic heterocycles. The summed E-state index contributed by atoms with van der Waals surface area (Å²) in [4.78, 5) is 0. The van der Waals surface area contributed by atoms with E-state index in [1.54, 1.807) is 12.1 Å². The maximum Gasteiger partial charge on any atom is 0.146 e. The average molecular weight is 289 g/mol. The second-order valence-electron chi connectivity index (χ2n) is 5.87. The Kier molecular flexibility index (Phi) is 4.13. The van der Waals surface area contributed by atoms with Crippen molar-refractivity contribution in [2.75, 3.05) is 5.32 Å². The summed E-state index contributed by atoms with van der Waals surface area (Å²) in [6, 6.07) is 5.23. The second kappa shape index (κ2) is 6.20. The highest BCUT2D eigenvalue weighted by molar-refractivity contribution is 5.52. The molecule has 1 aromatic carbocycles. The van der Waals surface area contributed by atoms with Crippen molar-refractivity contribution in [3.05, 3.63) is 30.3 Å². The minimum Gasteiger partial charge on any atom is -0.380 e. The largest absolute Gasteiger partial charge is 0.380 e. The van der Waals surface area contributed by atoms with Gasteiger partial charge in [0.1, 0.15) is 12.1 Å². The first-order valence-electron chi connectivity index (χ1n) is 7.52. The van der Waals surface area contributed by atoms with Gasteiger partial charge in [0.25, 0.3) is 0 Å². The van der Waals surface area contributed by atoms with Crippen molar-refractivity contribution in [3.8, 4) is 5.69 Å². The van der Waals surface area contributed by atoms with Crippen molar-refractivity contribution in [1.29, 1.82) is 0 Å². The van der Waals surface area contributed by atoms with Crippen molar-refractivity contribution in [1.82, 2.24) is 20.2 Å². The molecule has 1 aliphatic rings. The van der Waals surface area contributed by atoms with Crippen LogP contribution in [0.2, 0.25) is 0 Å². The fourth-order valence-electron chi connectivity index (χ4n) is 2.90. The van der Waals surface area contributed by atoms with Gasteiger partial charge in [-0.1, -0.05) is 19.8 Å². The smallest absolute Gasteiger partial charge is 0.146 e. The Balaban J connectivity index is 1.76. The molecule has 1 N–H and O–H groups in total. The first-order valence-corrected chi connectivity index (χ1v) is 7.52. The lowest BCUT2D eigenvalue weighted by Crippen LogP contribution is -2.19. The molecule has 0 amide bonds. The number of benzene rings is 1. The second-order valence-corrected chi connectivity index (χ2v) is 5.87. The van der Waals surface area contributed by atoms with E-state index in [0.29, 0.717) is 11.7 Å². The van der Waals surface area contributed by atoms with Crippen molar-refractivity contribution >= 4 is 5.69 Å². The van der Waals surface area contributed by atoms with Crippen LogP contribution >= 0.6 is 0 Å². The van der Waals surface area contributed by atoms with Crippen LogP contribution in [0.25, 0.3) is 5.69 Å². The summed E-state index contributed by atoms with van der Waals surface area (Å²) in [6.45, 7) is 2.29. The van der Waals surface area contributed by atoms with Crippen LogP contribution in [0.3, 0.4) is 0 Å². The first kappa shape index (κ1) is 14.0. The van der Waals surface area contributed by atoms with Gasteiger partial charge < -0.3 is 5.32 Å². The molecule has 1 heterocycles. The molecule has 0 bridgehead atoms. The number of hydrogen-bond donors (Lipinski definition) is 1. The average Bonchev–Trinajstić information content (AvgIpc) is 2.93. The van der Waals surface area contributed by atoms with Crippen LogP contribution in [0.4, 0.5) is 10.1 Å². The lowest BCUT2D eigenvalue weighted by atomic mass is 10.0. The summed E-state index contributed by atoms with van der Waals surface area (Å²) >= 11 is 0. The van der Waals surface area contributed by atoms with E-state index in [0.717, 1.165) is 24.4 Å². The monoisotopic (exact) mass is 289 g/mol. The van der Waals surface area contributed by atoms with E-state index in [4.69, 9.17) is 0 Å². The van der Waals surface area contributed by atoms with Crippen molar-refractivity contribution in [2.45, 2.75) is 45.1 Å². The third-order valence-corrected chi connectivity index (χ3v) is 4.18. The van der Waals surface area contributed by atoms with Crippen LogP contribution in [-0.4, -0.2) is 26.2 Å². The molecule has 6 heteroatoms. The molecule has 21 heavy (non-hydrogen) atoms. The molecular weight excluding hydrogens is 269 g/mol. The van der Waals surface area contributed by atoms with Crippen LogP contribution in [-0.2, 0) is 0 Å². The molecule has 2 aromatic rings. The minimum absolute atomic E-state index is 0.232. The van der Waals surface area contributed by atoms with Gasteiger partial charge in [0.15, 0.2) is 0 Å². The van der Waals surface area contributed by atoms with Gasteiger partial charge in [-0.2, -0.15) is 0 Å². The number of tetrazole rings is 1. The first-order chi connectivity index (χ1) is 10.2. The highest BCUT2D eigenvalue weighted by Gasteiger charge is 2.17. The van der Waals surface area contributed by atoms with Crippen molar-refractivity contribution in [2.24, 2.45) is 5.92 Å². The standard InChI is InChI=1S/C15H20FN5/c1-11-3-2-4-12(6-5-11)18-15-9-13(7-8-14(15)16)21-10-17-19-20-21/h7-12,18H,2-6H2,1H3. The predicted molar refractivity (Wildman–Crippen MR) is 78.8 cm³/mol. The Morgan fingerprint density at radius 3 is 2.95 bits per heavy atom. The number of anilines is 1. The fraction of sp³-hybridized carbons (Fsp3) is 0.533. The SMILES string of the molecule is CC1CCCC(Nc2cc(-n3cnnn3)ccc2F)CC1. The zero-order valence-electron chi connectivity index (χ0n) is 12.2. The van der Waals surface area contributed by atoms with E-state index in [9.17, 15) is 4.39 Å². The van der Waals surface area contributed by atoms with Crippen molar-refractivity contribution in [3.63, 3.8) is 0 Å². The third kappa shape index (κ3) is 3.37. The van der Waals surface area contributed by atoms with E-state index in [1.165, 1.54) is 36.3 Å². The number of hydrogen-bond acceptors (Lipinski definition) is 4. The molecule has 1 aliphatic carbocycles. The molecule has 2 atom stereocenters. The normalized spacial score (nSPS) is 22.8. The van der Waals surface area contributed by atoms with Gasteiger partial charge in [0, 0.05) is 6.04 Å². The Labute approximate surface area is 123 Å². The zero-order valence-corrected chi connectivity index (χ0v) is 12.2. The maximum absolute atomic E-state index is 14.0. The summed E-state index contributed by atoms with van der Waals surface area (Å²) in [7, 11) is 0. The van der Waals surface area contributed by atoms with Gasteiger partial charge >= 0.3 is 0 Å². The molecule has 1 fully saturated rings. The van der Waals surface area contributed by atoms with Gasteiger partial charge in [-0.25, -0.2) is 9.07 Å². The summed E-state index contributed by atoms with van der Waals surface area (Å²) in [6.07, 6.45) is 7.36. The molecule has 5 nitrogen and oxygen atoms in total. The zero-order chi connectivity index (χ0) is 14.7. The van der Waals surface area contributed by atoms with Crippen LogP contribution in [0.15, 0.2) is 24.5 Å². The highest BCUT2D eigenvalue weighted by atomic mass is 19.1. The highest BCUT2D eigenvalue weighted by Crippen LogP contribution is 2.26.